The molecule has 0 atom stereocenters. The van der Waals surface area contributed by atoms with E-state index in [0.29, 0.717) is 24.8 Å². The SMILES string of the molecule is OC1(Cc2cccc(C(F)(F)F)c2)CC1. The lowest BCUT2D eigenvalue weighted by molar-refractivity contribution is -0.137. The highest BCUT2D eigenvalue weighted by atomic mass is 19.4. The maximum absolute atomic E-state index is 12.4. The van der Waals surface area contributed by atoms with Crippen LogP contribution < -0.4 is 0 Å². The van der Waals surface area contributed by atoms with Gasteiger partial charge in [-0.1, -0.05) is 18.2 Å². The number of rotatable bonds is 2. The van der Waals surface area contributed by atoms with E-state index in [-0.39, 0.29) is 0 Å². The Morgan fingerprint density at radius 2 is 1.93 bits per heavy atom. The van der Waals surface area contributed by atoms with E-state index in [0.717, 1.165) is 12.1 Å². The van der Waals surface area contributed by atoms with Gasteiger partial charge in [-0.3, -0.25) is 0 Å². The fourth-order valence-corrected chi connectivity index (χ4v) is 1.56. The van der Waals surface area contributed by atoms with Crippen molar-refractivity contribution in [2.45, 2.75) is 31.0 Å². The third-order valence-electron chi connectivity index (χ3n) is 2.61. The lowest BCUT2D eigenvalue weighted by atomic mass is 10.0. The Kier molecular flexibility index (Phi) is 2.26. The molecule has 82 valence electrons. The van der Waals surface area contributed by atoms with Crippen LogP contribution in [-0.2, 0) is 12.6 Å². The van der Waals surface area contributed by atoms with E-state index < -0.39 is 17.3 Å². The van der Waals surface area contributed by atoms with Gasteiger partial charge >= 0.3 is 6.18 Å². The molecule has 15 heavy (non-hydrogen) atoms. The maximum Gasteiger partial charge on any atom is 0.416 e. The molecule has 0 amide bonds. The number of hydrogen-bond donors (Lipinski definition) is 1. The number of benzene rings is 1. The molecule has 0 spiro atoms. The van der Waals surface area contributed by atoms with Crippen molar-refractivity contribution < 1.29 is 18.3 Å². The molecule has 4 heteroatoms. The molecule has 2 rings (SSSR count). The van der Waals surface area contributed by atoms with Crippen LogP contribution in [0.1, 0.15) is 24.0 Å². The molecule has 1 saturated carbocycles. The fourth-order valence-electron chi connectivity index (χ4n) is 1.56. The first-order valence-corrected chi connectivity index (χ1v) is 4.78. The average Bonchev–Trinajstić information content (AvgIpc) is 2.82. The largest absolute Gasteiger partial charge is 0.416 e. The lowest BCUT2D eigenvalue weighted by Crippen LogP contribution is -2.12. The monoisotopic (exact) mass is 216 g/mol. The summed E-state index contributed by atoms with van der Waals surface area (Å²) in [5.41, 5.74) is -0.849. The highest BCUT2D eigenvalue weighted by Crippen LogP contribution is 2.39. The molecule has 0 unspecified atom stereocenters. The summed E-state index contributed by atoms with van der Waals surface area (Å²) < 4.78 is 37.1. The van der Waals surface area contributed by atoms with E-state index in [1.54, 1.807) is 6.07 Å². The molecule has 1 fully saturated rings. The summed E-state index contributed by atoms with van der Waals surface area (Å²) in [5, 5.41) is 9.59. The Morgan fingerprint density at radius 3 is 2.47 bits per heavy atom. The Hall–Kier alpha value is -1.03. The molecule has 1 aromatic carbocycles. The van der Waals surface area contributed by atoms with Gasteiger partial charge in [0.2, 0.25) is 0 Å². The topological polar surface area (TPSA) is 20.2 Å². The van der Waals surface area contributed by atoms with Crippen molar-refractivity contribution in [1.29, 1.82) is 0 Å². The first-order valence-electron chi connectivity index (χ1n) is 4.78. The minimum absolute atomic E-state index is 0.316. The molecule has 0 aliphatic heterocycles. The van der Waals surface area contributed by atoms with Crippen LogP contribution >= 0.6 is 0 Å². The van der Waals surface area contributed by atoms with Gasteiger partial charge in [-0.15, -0.1) is 0 Å². The summed E-state index contributed by atoms with van der Waals surface area (Å²) in [4.78, 5) is 0. The van der Waals surface area contributed by atoms with Crippen LogP contribution in [0.4, 0.5) is 13.2 Å². The van der Waals surface area contributed by atoms with Crippen LogP contribution in [0.25, 0.3) is 0 Å². The molecular weight excluding hydrogens is 205 g/mol. The Bertz CT molecular complexity index is 366. The number of halogens is 3. The van der Waals surface area contributed by atoms with Crippen LogP contribution in [0, 0.1) is 0 Å². The molecule has 1 aliphatic rings. The van der Waals surface area contributed by atoms with Gasteiger partial charge in [-0.05, 0) is 24.5 Å². The van der Waals surface area contributed by atoms with Gasteiger partial charge in [0.25, 0.3) is 0 Å². The van der Waals surface area contributed by atoms with Crippen molar-refractivity contribution in [3.8, 4) is 0 Å². The first kappa shape index (κ1) is 10.5. The highest BCUT2D eigenvalue weighted by Gasteiger charge is 2.40. The summed E-state index contributed by atoms with van der Waals surface area (Å²) in [6.07, 6.45) is -2.62. The summed E-state index contributed by atoms with van der Waals surface area (Å²) in [6.45, 7) is 0. The molecule has 0 bridgehead atoms. The van der Waals surface area contributed by atoms with Gasteiger partial charge in [0, 0.05) is 6.42 Å². The molecule has 0 heterocycles. The van der Waals surface area contributed by atoms with Gasteiger partial charge in [-0.2, -0.15) is 13.2 Å². The van der Waals surface area contributed by atoms with Gasteiger partial charge in [-0.25, -0.2) is 0 Å². The van der Waals surface area contributed by atoms with Crippen molar-refractivity contribution in [3.63, 3.8) is 0 Å². The third kappa shape index (κ3) is 2.50. The first-order chi connectivity index (χ1) is 6.89. The summed E-state index contributed by atoms with van der Waals surface area (Å²) >= 11 is 0. The summed E-state index contributed by atoms with van der Waals surface area (Å²) in [6, 6.07) is 5.15. The third-order valence-corrected chi connectivity index (χ3v) is 2.61. The normalized spacial score (nSPS) is 18.9. The zero-order chi connectivity index (χ0) is 11.1. The number of alkyl halides is 3. The number of hydrogen-bond acceptors (Lipinski definition) is 1. The van der Waals surface area contributed by atoms with E-state index in [1.807, 2.05) is 0 Å². The molecule has 0 radical (unpaired) electrons. The van der Waals surface area contributed by atoms with E-state index in [1.165, 1.54) is 6.07 Å². The minimum atomic E-state index is -4.30. The molecule has 1 aliphatic carbocycles. The van der Waals surface area contributed by atoms with Gasteiger partial charge in [0.1, 0.15) is 0 Å². The van der Waals surface area contributed by atoms with Crippen molar-refractivity contribution in [2.75, 3.05) is 0 Å². The highest BCUT2D eigenvalue weighted by molar-refractivity contribution is 5.27. The number of aliphatic hydroxyl groups is 1. The zero-order valence-corrected chi connectivity index (χ0v) is 8.01. The summed E-state index contributed by atoms with van der Waals surface area (Å²) in [7, 11) is 0. The fraction of sp³-hybridized carbons (Fsp3) is 0.455. The second-order valence-electron chi connectivity index (χ2n) is 4.10. The van der Waals surface area contributed by atoms with E-state index in [9.17, 15) is 18.3 Å². The van der Waals surface area contributed by atoms with Crippen molar-refractivity contribution >= 4 is 0 Å². The summed E-state index contributed by atoms with van der Waals surface area (Å²) in [5.74, 6) is 0. The van der Waals surface area contributed by atoms with Crippen LogP contribution in [-0.4, -0.2) is 10.7 Å². The standard InChI is InChI=1S/C11H11F3O/c12-11(13,14)9-3-1-2-8(6-9)7-10(15)4-5-10/h1-3,6,15H,4-5,7H2. The van der Waals surface area contributed by atoms with E-state index in [2.05, 4.69) is 0 Å². The van der Waals surface area contributed by atoms with Gasteiger partial charge in [0.15, 0.2) is 0 Å². The minimum Gasteiger partial charge on any atom is -0.390 e. The quantitative estimate of drug-likeness (QED) is 0.805. The Labute approximate surface area is 85.5 Å². The average molecular weight is 216 g/mol. The van der Waals surface area contributed by atoms with Crippen LogP contribution in [0.5, 0.6) is 0 Å². The van der Waals surface area contributed by atoms with Crippen molar-refractivity contribution in [3.05, 3.63) is 35.4 Å². The van der Waals surface area contributed by atoms with Crippen molar-refractivity contribution in [2.24, 2.45) is 0 Å². The smallest absolute Gasteiger partial charge is 0.390 e. The van der Waals surface area contributed by atoms with Crippen LogP contribution in [0.15, 0.2) is 24.3 Å². The van der Waals surface area contributed by atoms with E-state index >= 15 is 0 Å². The molecule has 0 saturated heterocycles. The predicted octanol–water partition coefficient (Wildman–Crippen LogP) is 2.77. The molecular formula is C11H11F3O. The lowest BCUT2D eigenvalue weighted by Gasteiger charge is -2.11. The van der Waals surface area contributed by atoms with E-state index in [4.69, 9.17) is 0 Å². The molecule has 1 aromatic rings. The van der Waals surface area contributed by atoms with Crippen molar-refractivity contribution in [1.82, 2.24) is 0 Å². The second kappa shape index (κ2) is 3.23. The predicted molar refractivity (Wildman–Crippen MR) is 49.3 cm³/mol. The van der Waals surface area contributed by atoms with Crippen LogP contribution in [0.2, 0.25) is 0 Å². The molecule has 0 aromatic heterocycles. The molecule has 1 N–H and O–H groups in total. The Morgan fingerprint density at radius 1 is 1.27 bits per heavy atom. The molecule has 1 nitrogen and oxygen atoms in total. The van der Waals surface area contributed by atoms with Gasteiger partial charge in [0.05, 0.1) is 11.2 Å². The van der Waals surface area contributed by atoms with Gasteiger partial charge < -0.3 is 5.11 Å². The maximum atomic E-state index is 12.4. The second-order valence-corrected chi connectivity index (χ2v) is 4.10. The van der Waals surface area contributed by atoms with Crippen LogP contribution in [0.3, 0.4) is 0 Å². The zero-order valence-electron chi connectivity index (χ0n) is 8.01. The Balaban J connectivity index is 2.19.